The predicted octanol–water partition coefficient (Wildman–Crippen LogP) is 3.38. The topological polar surface area (TPSA) is 101 Å². The summed E-state index contributed by atoms with van der Waals surface area (Å²) in [6.07, 6.45) is 0. The van der Waals surface area contributed by atoms with Gasteiger partial charge in [-0.05, 0) is 47.5 Å². The standard InChI is InChI=1S/C22H18N2O5/c1-27-15-8-4-13(5-9-15)18-19(22(26)29-3)17(12-23)21(25)24-20(18)14-6-10-16(28-2)11-7-14/h4-11H,1-3H3,(H,24,25). The molecule has 29 heavy (non-hydrogen) atoms. The first-order chi connectivity index (χ1) is 14.0. The Labute approximate surface area is 167 Å². The van der Waals surface area contributed by atoms with Crippen molar-refractivity contribution in [2.24, 2.45) is 0 Å². The molecule has 1 N–H and O–H groups in total. The van der Waals surface area contributed by atoms with Gasteiger partial charge in [0.05, 0.1) is 32.6 Å². The summed E-state index contributed by atoms with van der Waals surface area (Å²) in [5, 5.41) is 9.51. The quantitative estimate of drug-likeness (QED) is 0.670. The highest BCUT2D eigenvalue weighted by atomic mass is 16.5. The Balaban J connectivity index is 2.40. The molecule has 7 heteroatoms. The summed E-state index contributed by atoms with van der Waals surface area (Å²) in [5.41, 5.74) is 0.974. The Morgan fingerprint density at radius 3 is 1.86 bits per heavy atom. The maximum atomic E-state index is 12.6. The molecule has 0 spiro atoms. The number of nitrogens with one attached hydrogen (secondary N) is 1. The van der Waals surface area contributed by atoms with Crippen molar-refractivity contribution in [2.75, 3.05) is 21.3 Å². The third-order valence-electron chi connectivity index (χ3n) is 4.47. The highest BCUT2D eigenvalue weighted by Crippen LogP contribution is 2.35. The zero-order valence-electron chi connectivity index (χ0n) is 16.1. The molecule has 3 aromatic rings. The lowest BCUT2D eigenvalue weighted by Crippen LogP contribution is -2.20. The molecule has 3 rings (SSSR count). The van der Waals surface area contributed by atoms with E-state index in [4.69, 9.17) is 14.2 Å². The van der Waals surface area contributed by atoms with Gasteiger partial charge < -0.3 is 19.2 Å². The number of ether oxygens (including phenoxy) is 3. The van der Waals surface area contributed by atoms with Gasteiger partial charge >= 0.3 is 5.97 Å². The number of nitriles is 1. The van der Waals surface area contributed by atoms with Crippen molar-refractivity contribution >= 4 is 5.97 Å². The number of carbonyl (C=O) groups is 1. The summed E-state index contributed by atoms with van der Waals surface area (Å²) in [6, 6.07) is 15.7. The van der Waals surface area contributed by atoms with E-state index >= 15 is 0 Å². The van der Waals surface area contributed by atoms with Crippen molar-refractivity contribution < 1.29 is 19.0 Å². The zero-order valence-corrected chi connectivity index (χ0v) is 16.1. The normalized spacial score (nSPS) is 10.1. The minimum Gasteiger partial charge on any atom is -0.497 e. The maximum absolute atomic E-state index is 12.6. The Kier molecular flexibility index (Phi) is 5.65. The number of nitrogens with zero attached hydrogens (tertiary/aromatic N) is 1. The van der Waals surface area contributed by atoms with Crippen molar-refractivity contribution in [3.8, 4) is 40.0 Å². The van der Waals surface area contributed by atoms with Gasteiger partial charge in [0, 0.05) is 5.56 Å². The number of methoxy groups -OCH3 is 3. The van der Waals surface area contributed by atoms with Gasteiger partial charge in [0.25, 0.3) is 5.56 Å². The lowest BCUT2D eigenvalue weighted by molar-refractivity contribution is 0.0601. The molecule has 0 amide bonds. The van der Waals surface area contributed by atoms with Crippen LogP contribution in [0.1, 0.15) is 15.9 Å². The van der Waals surface area contributed by atoms with Crippen molar-refractivity contribution in [3.63, 3.8) is 0 Å². The Hall–Kier alpha value is -4.05. The summed E-state index contributed by atoms with van der Waals surface area (Å²) in [7, 11) is 4.30. The van der Waals surface area contributed by atoms with Crippen molar-refractivity contribution in [3.05, 3.63) is 70.0 Å². The molecule has 2 aromatic carbocycles. The molecule has 0 atom stereocenters. The van der Waals surface area contributed by atoms with Crippen molar-refractivity contribution in [1.82, 2.24) is 4.98 Å². The lowest BCUT2D eigenvalue weighted by Gasteiger charge is -2.16. The van der Waals surface area contributed by atoms with E-state index in [-0.39, 0.29) is 11.1 Å². The van der Waals surface area contributed by atoms with Gasteiger partial charge in [0.2, 0.25) is 0 Å². The van der Waals surface area contributed by atoms with E-state index in [1.54, 1.807) is 62.8 Å². The zero-order chi connectivity index (χ0) is 21.0. The van der Waals surface area contributed by atoms with Gasteiger partial charge in [-0.25, -0.2) is 4.79 Å². The minimum atomic E-state index is -0.770. The number of aromatic amines is 1. The van der Waals surface area contributed by atoms with Gasteiger partial charge in [0.15, 0.2) is 0 Å². The van der Waals surface area contributed by atoms with E-state index in [1.165, 1.54) is 7.11 Å². The first-order valence-corrected chi connectivity index (χ1v) is 8.61. The van der Waals surface area contributed by atoms with E-state index in [0.29, 0.717) is 33.9 Å². The van der Waals surface area contributed by atoms with Gasteiger partial charge in [-0.15, -0.1) is 0 Å². The molecule has 0 radical (unpaired) electrons. The molecule has 1 heterocycles. The molecule has 0 saturated carbocycles. The van der Waals surface area contributed by atoms with Crippen LogP contribution >= 0.6 is 0 Å². The molecular weight excluding hydrogens is 372 g/mol. The molecule has 0 fully saturated rings. The van der Waals surface area contributed by atoms with E-state index < -0.39 is 11.5 Å². The molecule has 1 aromatic heterocycles. The van der Waals surface area contributed by atoms with Crippen LogP contribution < -0.4 is 15.0 Å². The Bertz CT molecular complexity index is 1140. The second kappa shape index (κ2) is 8.31. The van der Waals surface area contributed by atoms with E-state index in [9.17, 15) is 14.9 Å². The van der Waals surface area contributed by atoms with E-state index in [1.807, 2.05) is 6.07 Å². The number of aromatic nitrogens is 1. The first kappa shape index (κ1) is 19.7. The lowest BCUT2D eigenvalue weighted by atomic mass is 9.92. The van der Waals surface area contributed by atoms with E-state index in [0.717, 1.165) is 0 Å². The van der Waals surface area contributed by atoms with Gasteiger partial charge in [-0.3, -0.25) is 4.79 Å². The Morgan fingerprint density at radius 1 is 0.897 bits per heavy atom. The number of H-pyrrole nitrogens is 1. The monoisotopic (exact) mass is 390 g/mol. The maximum Gasteiger partial charge on any atom is 0.340 e. The second-order valence-corrected chi connectivity index (χ2v) is 6.01. The number of rotatable bonds is 5. The van der Waals surface area contributed by atoms with Crippen molar-refractivity contribution in [2.45, 2.75) is 0 Å². The molecule has 0 saturated heterocycles. The highest BCUT2D eigenvalue weighted by Gasteiger charge is 2.25. The van der Waals surface area contributed by atoms with E-state index in [2.05, 4.69) is 4.98 Å². The van der Waals surface area contributed by atoms with Crippen LogP contribution in [-0.2, 0) is 4.74 Å². The fraction of sp³-hybridized carbons (Fsp3) is 0.136. The van der Waals surface area contributed by atoms with Crippen molar-refractivity contribution in [1.29, 1.82) is 5.26 Å². The number of carbonyl (C=O) groups excluding carboxylic acids is 1. The Morgan fingerprint density at radius 2 is 1.41 bits per heavy atom. The van der Waals surface area contributed by atoms with Crippen LogP contribution in [-0.4, -0.2) is 32.3 Å². The summed E-state index contributed by atoms with van der Waals surface area (Å²) in [6.45, 7) is 0. The van der Waals surface area contributed by atoms with Crippen LogP contribution in [0.3, 0.4) is 0 Å². The smallest absolute Gasteiger partial charge is 0.340 e. The summed E-state index contributed by atoms with van der Waals surface area (Å²) < 4.78 is 15.3. The fourth-order valence-corrected chi connectivity index (χ4v) is 3.04. The number of hydrogen-bond donors (Lipinski definition) is 1. The summed E-state index contributed by atoms with van der Waals surface area (Å²) in [4.78, 5) is 27.9. The average molecular weight is 390 g/mol. The predicted molar refractivity (Wildman–Crippen MR) is 107 cm³/mol. The molecule has 7 nitrogen and oxygen atoms in total. The van der Waals surface area contributed by atoms with Gasteiger partial charge in [0.1, 0.15) is 23.1 Å². The first-order valence-electron chi connectivity index (χ1n) is 8.61. The fourth-order valence-electron chi connectivity index (χ4n) is 3.04. The van der Waals surface area contributed by atoms with Crippen LogP contribution in [0.15, 0.2) is 53.3 Å². The third kappa shape index (κ3) is 3.69. The SMILES string of the molecule is COC(=O)c1c(-c2ccc(OC)cc2)c(-c2ccc(OC)cc2)[nH]c(=O)c1C#N. The summed E-state index contributed by atoms with van der Waals surface area (Å²) in [5.74, 6) is 0.501. The van der Waals surface area contributed by atoms with Crippen LogP contribution in [0.25, 0.3) is 22.4 Å². The molecule has 0 aliphatic rings. The third-order valence-corrected chi connectivity index (χ3v) is 4.47. The van der Waals surface area contributed by atoms with Crippen LogP contribution in [0.4, 0.5) is 0 Å². The van der Waals surface area contributed by atoms with Gasteiger partial charge in [-0.1, -0.05) is 12.1 Å². The highest BCUT2D eigenvalue weighted by molar-refractivity contribution is 6.03. The summed E-state index contributed by atoms with van der Waals surface area (Å²) >= 11 is 0. The molecule has 146 valence electrons. The molecule has 0 unspecified atom stereocenters. The average Bonchev–Trinajstić information content (AvgIpc) is 2.78. The molecule has 0 aliphatic carbocycles. The van der Waals surface area contributed by atoms with Crippen LogP contribution in [0.5, 0.6) is 11.5 Å². The molecular formula is C22H18N2O5. The molecule has 0 aliphatic heterocycles. The number of hydrogen-bond acceptors (Lipinski definition) is 6. The minimum absolute atomic E-state index is 0.0882. The van der Waals surface area contributed by atoms with Crippen LogP contribution in [0.2, 0.25) is 0 Å². The molecule has 0 bridgehead atoms. The largest absolute Gasteiger partial charge is 0.497 e. The second-order valence-electron chi connectivity index (χ2n) is 6.01. The van der Waals surface area contributed by atoms with Gasteiger partial charge in [-0.2, -0.15) is 5.26 Å². The van der Waals surface area contributed by atoms with Crippen LogP contribution in [0, 0.1) is 11.3 Å². The number of pyridine rings is 1. The number of esters is 1. The number of benzene rings is 2.